The van der Waals surface area contributed by atoms with Gasteiger partial charge in [-0.3, -0.25) is 0 Å². The summed E-state index contributed by atoms with van der Waals surface area (Å²) in [6.07, 6.45) is 1.59. The lowest BCUT2D eigenvalue weighted by molar-refractivity contribution is 0.317. The van der Waals surface area contributed by atoms with Gasteiger partial charge in [-0.1, -0.05) is 17.4 Å². The van der Waals surface area contributed by atoms with E-state index in [-0.39, 0.29) is 5.75 Å². The van der Waals surface area contributed by atoms with Crippen molar-refractivity contribution in [3.8, 4) is 11.5 Å². The van der Waals surface area contributed by atoms with E-state index in [1.807, 2.05) is 26.0 Å². The van der Waals surface area contributed by atoms with Crippen LogP contribution in [0.25, 0.3) is 10.2 Å². The van der Waals surface area contributed by atoms with Crippen LogP contribution in [0.2, 0.25) is 0 Å². The number of phenolic OH excluding ortho intramolecular Hbond substituents is 1. The van der Waals surface area contributed by atoms with Crippen LogP contribution in [0.5, 0.6) is 11.5 Å². The molecule has 1 aromatic heterocycles. The lowest BCUT2D eigenvalue weighted by atomic mass is 10.2. The maximum absolute atomic E-state index is 10.4. The van der Waals surface area contributed by atoms with E-state index in [0.29, 0.717) is 27.5 Å². The van der Waals surface area contributed by atoms with E-state index in [2.05, 4.69) is 47.9 Å². The third-order valence-electron chi connectivity index (χ3n) is 3.33. The third kappa shape index (κ3) is 3.48. The number of aromatic hydroxyl groups is 1. The van der Waals surface area contributed by atoms with E-state index in [1.54, 1.807) is 12.3 Å². The molecular weight excluding hydrogens is 456 g/mol. The summed E-state index contributed by atoms with van der Waals surface area (Å²) in [5.74, 6) is 0.460. The van der Waals surface area contributed by atoms with Gasteiger partial charge in [-0.25, -0.2) is 9.98 Å². The summed E-state index contributed by atoms with van der Waals surface area (Å²) in [5, 5.41) is 11.0. The Labute approximate surface area is 160 Å². The van der Waals surface area contributed by atoms with Gasteiger partial charge in [0.1, 0.15) is 0 Å². The van der Waals surface area contributed by atoms with Gasteiger partial charge in [0.05, 0.1) is 22.4 Å². The number of fused-ring (bicyclic) bond motifs is 1. The first-order valence-corrected chi connectivity index (χ1v) is 9.65. The number of halogens is 2. The van der Waals surface area contributed by atoms with Crippen LogP contribution in [-0.4, -0.2) is 22.9 Å². The van der Waals surface area contributed by atoms with Gasteiger partial charge >= 0.3 is 0 Å². The van der Waals surface area contributed by atoms with Crippen LogP contribution in [0.15, 0.2) is 38.2 Å². The topological polar surface area (TPSA) is 54.7 Å². The number of aliphatic imine (C=N–C) groups is 1. The number of aromatic nitrogens is 1. The van der Waals surface area contributed by atoms with Gasteiger partial charge in [-0.15, -0.1) is 0 Å². The molecule has 124 valence electrons. The van der Waals surface area contributed by atoms with E-state index in [0.717, 1.165) is 14.7 Å². The van der Waals surface area contributed by atoms with E-state index in [1.165, 1.54) is 16.9 Å². The van der Waals surface area contributed by atoms with Crippen molar-refractivity contribution >= 4 is 64.8 Å². The van der Waals surface area contributed by atoms with Crippen LogP contribution in [-0.2, 0) is 0 Å². The van der Waals surface area contributed by atoms with Crippen molar-refractivity contribution in [2.75, 3.05) is 6.61 Å². The lowest BCUT2D eigenvalue weighted by Crippen LogP contribution is -1.95. The summed E-state index contributed by atoms with van der Waals surface area (Å²) < 4.78 is 8.04. The maximum Gasteiger partial charge on any atom is 0.210 e. The molecular formula is C17H14Br2N2O2S. The fourth-order valence-electron chi connectivity index (χ4n) is 2.19. The lowest BCUT2D eigenvalue weighted by Gasteiger charge is -2.11. The second kappa shape index (κ2) is 7.21. The zero-order valence-electron chi connectivity index (χ0n) is 13.0. The molecule has 0 unspecified atom stereocenters. The molecule has 0 spiro atoms. The van der Waals surface area contributed by atoms with Crippen molar-refractivity contribution in [3.63, 3.8) is 0 Å². The predicted octanol–water partition coefficient (Wildman–Crippen LogP) is 5.98. The predicted molar refractivity (Wildman–Crippen MR) is 106 cm³/mol. The fraction of sp³-hybridized carbons (Fsp3) is 0.176. The molecule has 0 fully saturated rings. The summed E-state index contributed by atoms with van der Waals surface area (Å²) in [6.45, 7) is 4.38. The van der Waals surface area contributed by atoms with Crippen LogP contribution >= 0.6 is 43.2 Å². The first-order valence-electron chi connectivity index (χ1n) is 7.24. The van der Waals surface area contributed by atoms with Crippen molar-refractivity contribution in [1.29, 1.82) is 0 Å². The average Bonchev–Trinajstić information content (AvgIpc) is 2.94. The van der Waals surface area contributed by atoms with E-state index in [9.17, 15) is 5.11 Å². The van der Waals surface area contributed by atoms with Crippen LogP contribution in [0.4, 0.5) is 5.13 Å². The maximum atomic E-state index is 10.4. The van der Waals surface area contributed by atoms with Crippen LogP contribution in [0, 0.1) is 6.92 Å². The SMILES string of the molecule is CCOc1cc(Br)c(Br)c(C=Nc2nc3ccc(C)cc3s2)c1O. The van der Waals surface area contributed by atoms with Gasteiger partial charge < -0.3 is 9.84 Å². The monoisotopic (exact) mass is 468 g/mol. The first kappa shape index (κ1) is 17.4. The number of ether oxygens (including phenoxy) is 1. The summed E-state index contributed by atoms with van der Waals surface area (Å²) in [4.78, 5) is 8.91. The first-order chi connectivity index (χ1) is 11.5. The largest absolute Gasteiger partial charge is 0.504 e. The highest BCUT2D eigenvalue weighted by Crippen LogP contribution is 2.40. The third-order valence-corrected chi connectivity index (χ3v) is 6.27. The molecule has 1 N–H and O–H groups in total. The minimum Gasteiger partial charge on any atom is -0.504 e. The number of phenols is 1. The van der Waals surface area contributed by atoms with E-state index >= 15 is 0 Å². The van der Waals surface area contributed by atoms with Crippen molar-refractivity contribution in [3.05, 3.63) is 44.3 Å². The van der Waals surface area contributed by atoms with Crippen molar-refractivity contribution in [2.24, 2.45) is 4.99 Å². The van der Waals surface area contributed by atoms with Crippen LogP contribution in [0.1, 0.15) is 18.1 Å². The van der Waals surface area contributed by atoms with Crippen molar-refractivity contribution in [1.82, 2.24) is 4.98 Å². The molecule has 7 heteroatoms. The normalized spacial score (nSPS) is 11.5. The van der Waals surface area contributed by atoms with Crippen LogP contribution in [0.3, 0.4) is 0 Å². The molecule has 0 saturated heterocycles. The van der Waals surface area contributed by atoms with E-state index < -0.39 is 0 Å². The summed E-state index contributed by atoms with van der Waals surface area (Å²) in [5.41, 5.74) is 2.66. The molecule has 0 radical (unpaired) electrons. The minimum absolute atomic E-state index is 0.0487. The molecule has 3 aromatic rings. The number of benzene rings is 2. The highest BCUT2D eigenvalue weighted by Gasteiger charge is 2.15. The Bertz CT molecular complexity index is 938. The summed E-state index contributed by atoms with van der Waals surface area (Å²) >= 11 is 8.43. The number of nitrogens with zero attached hydrogens (tertiary/aromatic N) is 2. The Hall–Kier alpha value is -1.44. The molecule has 4 nitrogen and oxygen atoms in total. The summed E-state index contributed by atoms with van der Waals surface area (Å²) in [6, 6.07) is 7.83. The fourth-order valence-corrected chi connectivity index (χ4v) is 3.93. The number of hydrogen-bond donors (Lipinski definition) is 1. The van der Waals surface area contributed by atoms with Crippen molar-refractivity contribution in [2.45, 2.75) is 13.8 Å². The Morgan fingerprint density at radius 2 is 2.12 bits per heavy atom. The van der Waals surface area contributed by atoms with Gasteiger partial charge in [0.2, 0.25) is 5.13 Å². The molecule has 0 amide bonds. The Morgan fingerprint density at radius 3 is 2.88 bits per heavy atom. The van der Waals surface area contributed by atoms with E-state index in [4.69, 9.17) is 4.74 Å². The Morgan fingerprint density at radius 1 is 1.33 bits per heavy atom. The second-order valence-corrected chi connectivity index (χ2v) is 7.75. The number of aryl methyl sites for hydroxylation is 1. The zero-order valence-corrected chi connectivity index (χ0v) is 17.0. The molecule has 0 saturated carbocycles. The second-order valence-electron chi connectivity index (χ2n) is 5.09. The number of thiazole rings is 1. The summed E-state index contributed by atoms with van der Waals surface area (Å²) in [7, 11) is 0. The molecule has 1 heterocycles. The number of hydrogen-bond acceptors (Lipinski definition) is 5. The highest BCUT2D eigenvalue weighted by atomic mass is 79.9. The highest BCUT2D eigenvalue weighted by molar-refractivity contribution is 9.13. The zero-order chi connectivity index (χ0) is 17.3. The Kier molecular flexibility index (Phi) is 5.22. The molecule has 2 aromatic carbocycles. The molecule has 0 bridgehead atoms. The molecule has 24 heavy (non-hydrogen) atoms. The quantitative estimate of drug-likeness (QED) is 0.477. The van der Waals surface area contributed by atoms with Crippen LogP contribution < -0.4 is 4.74 Å². The van der Waals surface area contributed by atoms with Gasteiger partial charge in [0.15, 0.2) is 11.5 Å². The molecule has 0 aliphatic carbocycles. The number of rotatable bonds is 4. The Balaban J connectivity index is 2.01. The molecule has 3 rings (SSSR count). The molecule has 0 aliphatic heterocycles. The molecule has 0 aliphatic rings. The molecule has 0 atom stereocenters. The van der Waals surface area contributed by atoms with Gasteiger partial charge in [-0.2, -0.15) is 0 Å². The standard InChI is InChI=1S/C17H14Br2N2O2S/c1-3-23-13-7-11(18)15(19)10(16(13)22)8-20-17-21-12-5-4-9(2)6-14(12)24-17/h4-8,22H,3H2,1-2H3. The van der Waals surface area contributed by atoms with Gasteiger partial charge in [0.25, 0.3) is 0 Å². The average molecular weight is 470 g/mol. The van der Waals surface area contributed by atoms with Gasteiger partial charge in [-0.05, 0) is 69.5 Å². The minimum atomic E-state index is 0.0487. The smallest absolute Gasteiger partial charge is 0.210 e. The van der Waals surface area contributed by atoms with Gasteiger partial charge in [0, 0.05) is 15.2 Å². The van der Waals surface area contributed by atoms with Crippen molar-refractivity contribution < 1.29 is 9.84 Å².